The van der Waals surface area contributed by atoms with E-state index in [4.69, 9.17) is 27.9 Å². The topological polar surface area (TPSA) is 63.7 Å². The van der Waals surface area contributed by atoms with Crippen molar-refractivity contribution in [2.24, 2.45) is 0 Å². The fourth-order valence-corrected chi connectivity index (χ4v) is 5.62. The quantitative estimate of drug-likeness (QED) is 0.620. The summed E-state index contributed by atoms with van der Waals surface area (Å²) in [5.74, 6) is -0.109. The molecule has 0 N–H and O–H groups in total. The molecule has 1 heterocycles. The Morgan fingerprint density at radius 2 is 1.82 bits per heavy atom. The molecule has 1 fully saturated rings. The molecule has 0 bridgehead atoms. The summed E-state index contributed by atoms with van der Waals surface area (Å²) in [6.45, 7) is 0.916. The highest BCUT2D eigenvalue weighted by molar-refractivity contribution is 7.89. The van der Waals surface area contributed by atoms with Crippen molar-refractivity contribution in [3.8, 4) is 0 Å². The van der Waals surface area contributed by atoms with E-state index >= 15 is 0 Å². The van der Waals surface area contributed by atoms with Crippen molar-refractivity contribution in [2.45, 2.75) is 43.6 Å². The van der Waals surface area contributed by atoms with Crippen LogP contribution in [0.2, 0.25) is 10.0 Å². The fourth-order valence-electron chi connectivity index (χ4n) is 3.28. The zero-order valence-corrected chi connectivity index (χ0v) is 17.8. The van der Waals surface area contributed by atoms with Crippen molar-refractivity contribution in [2.75, 3.05) is 19.7 Å². The number of carbonyl (C=O) groups is 1. The van der Waals surface area contributed by atoms with Gasteiger partial charge in [0.25, 0.3) is 0 Å². The van der Waals surface area contributed by atoms with Crippen molar-refractivity contribution in [1.82, 2.24) is 4.31 Å². The number of Topliss-reactive ketones (excluding diaryl/α,β-unsaturated/α-hetero) is 1. The maximum absolute atomic E-state index is 12.9. The lowest BCUT2D eigenvalue weighted by Crippen LogP contribution is -2.35. The van der Waals surface area contributed by atoms with Crippen molar-refractivity contribution < 1.29 is 17.9 Å². The molecule has 0 unspecified atom stereocenters. The predicted octanol–water partition coefficient (Wildman–Crippen LogP) is 4.53. The number of carbonyl (C=O) groups excluding carboxylic acids is 1. The minimum Gasteiger partial charge on any atom is -0.369 e. The number of sulfonamides is 1. The molecular weight excluding hydrogens is 421 g/mol. The van der Waals surface area contributed by atoms with Crippen LogP contribution in [0.15, 0.2) is 40.8 Å². The minimum absolute atomic E-state index is 0.0290. The van der Waals surface area contributed by atoms with Crippen LogP contribution >= 0.6 is 23.2 Å². The van der Waals surface area contributed by atoms with Crippen LogP contribution in [-0.4, -0.2) is 38.2 Å². The van der Waals surface area contributed by atoms with Gasteiger partial charge in [-0.15, -0.1) is 0 Å². The zero-order valence-electron chi connectivity index (χ0n) is 15.5. The predicted molar refractivity (Wildman–Crippen MR) is 110 cm³/mol. The number of piperidine rings is 1. The van der Waals surface area contributed by atoms with Crippen molar-refractivity contribution in [1.29, 1.82) is 0 Å². The number of halogens is 2. The molecule has 1 saturated heterocycles. The molecule has 8 heteroatoms. The van der Waals surface area contributed by atoms with Crippen LogP contribution in [0.5, 0.6) is 0 Å². The van der Waals surface area contributed by atoms with Crippen LogP contribution in [0.4, 0.5) is 0 Å². The largest absolute Gasteiger partial charge is 0.369 e. The summed E-state index contributed by atoms with van der Waals surface area (Å²) in [7, 11) is -3.69. The Morgan fingerprint density at radius 3 is 2.50 bits per heavy atom. The first kappa shape index (κ1) is 21.5. The van der Waals surface area contributed by atoms with Crippen molar-refractivity contribution in [3.05, 3.63) is 51.5 Å². The van der Waals surface area contributed by atoms with Gasteiger partial charge in [0.1, 0.15) is 11.5 Å². The van der Waals surface area contributed by atoms with Crippen molar-refractivity contribution >= 4 is 39.0 Å². The third-order valence-electron chi connectivity index (χ3n) is 4.84. The highest BCUT2D eigenvalue weighted by Gasteiger charge is 2.29. The number of hydrogen-bond donors (Lipinski definition) is 0. The van der Waals surface area contributed by atoms with Gasteiger partial charge in [-0.1, -0.05) is 47.9 Å². The van der Waals surface area contributed by atoms with Gasteiger partial charge in [0, 0.05) is 23.7 Å². The Labute approximate surface area is 176 Å². The average Bonchev–Trinajstić information content (AvgIpc) is 2.70. The summed E-state index contributed by atoms with van der Waals surface area (Å²) in [5, 5.41) is 0.403. The van der Waals surface area contributed by atoms with Gasteiger partial charge < -0.3 is 4.74 Å². The minimum atomic E-state index is -3.69. The van der Waals surface area contributed by atoms with Gasteiger partial charge in [0.05, 0.1) is 11.6 Å². The van der Waals surface area contributed by atoms with E-state index in [1.807, 2.05) is 12.2 Å². The summed E-state index contributed by atoms with van der Waals surface area (Å²) >= 11 is 12.4. The lowest BCUT2D eigenvalue weighted by atomic mass is 10.0. The van der Waals surface area contributed by atoms with Gasteiger partial charge in [-0.25, -0.2) is 8.42 Å². The van der Waals surface area contributed by atoms with Gasteiger partial charge in [-0.2, -0.15) is 4.31 Å². The fraction of sp³-hybridized carbons (Fsp3) is 0.450. The number of allylic oxidation sites excluding steroid dienone is 3. The first-order valence-corrected chi connectivity index (χ1v) is 11.5. The smallest absolute Gasteiger partial charge is 0.244 e. The van der Waals surface area contributed by atoms with E-state index in [0.29, 0.717) is 29.2 Å². The Bertz CT molecular complexity index is 903. The molecule has 0 saturated carbocycles. The molecule has 28 heavy (non-hydrogen) atoms. The Morgan fingerprint density at radius 1 is 1.07 bits per heavy atom. The van der Waals surface area contributed by atoms with Gasteiger partial charge in [-0.3, -0.25) is 4.79 Å². The number of ketones is 1. The first-order valence-electron chi connectivity index (χ1n) is 9.35. The molecule has 1 aliphatic heterocycles. The van der Waals surface area contributed by atoms with E-state index in [9.17, 15) is 13.2 Å². The van der Waals surface area contributed by atoms with Crippen LogP contribution < -0.4 is 0 Å². The molecule has 1 aliphatic carbocycles. The molecule has 0 radical (unpaired) electrons. The maximum Gasteiger partial charge on any atom is 0.244 e. The first-order chi connectivity index (χ1) is 13.4. The van der Waals surface area contributed by atoms with Crippen molar-refractivity contribution in [3.63, 3.8) is 0 Å². The highest BCUT2D eigenvalue weighted by atomic mass is 35.5. The second-order valence-electron chi connectivity index (χ2n) is 6.89. The second-order valence-corrected chi connectivity index (χ2v) is 9.61. The molecule has 1 aromatic carbocycles. The lowest BCUT2D eigenvalue weighted by Gasteiger charge is -2.26. The third kappa shape index (κ3) is 5.05. The lowest BCUT2D eigenvalue weighted by molar-refractivity contribution is -0.120. The van der Waals surface area contributed by atoms with E-state index in [2.05, 4.69) is 0 Å². The van der Waals surface area contributed by atoms with E-state index in [1.54, 1.807) is 6.08 Å². The highest BCUT2D eigenvalue weighted by Crippen LogP contribution is 2.32. The summed E-state index contributed by atoms with van der Waals surface area (Å²) in [6, 6.07) is 2.88. The monoisotopic (exact) mass is 443 g/mol. The van der Waals surface area contributed by atoms with E-state index in [0.717, 1.165) is 32.1 Å². The second kappa shape index (κ2) is 9.55. The van der Waals surface area contributed by atoms with E-state index < -0.39 is 10.0 Å². The molecule has 0 spiro atoms. The molecule has 0 atom stereocenters. The number of ether oxygens (including phenoxy) is 1. The standard InChI is InChI=1S/C20H23Cl2NO4S/c21-17-12-18(22)20(28(25,26)23-9-5-2-6-10-23)11-16(17)13-27-14-19(24)15-7-3-1-4-8-15/h3,7-8,11-12H,1-2,4-6,9-10,13-14H2. The number of benzene rings is 1. The van der Waals surface area contributed by atoms with Crippen LogP contribution in [0, 0.1) is 0 Å². The molecule has 1 aromatic rings. The van der Waals surface area contributed by atoms with Crippen LogP contribution in [0.1, 0.15) is 37.7 Å². The number of hydrogen-bond acceptors (Lipinski definition) is 4. The maximum atomic E-state index is 12.9. The Hall–Kier alpha value is -1.18. The summed E-state index contributed by atoms with van der Waals surface area (Å²) < 4.78 is 32.9. The summed E-state index contributed by atoms with van der Waals surface area (Å²) in [5.41, 5.74) is 1.13. The van der Waals surface area contributed by atoms with Crippen LogP contribution in [-0.2, 0) is 26.2 Å². The Balaban J connectivity index is 1.71. The van der Waals surface area contributed by atoms with E-state index in [1.165, 1.54) is 16.4 Å². The van der Waals surface area contributed by atoms with Crippen LogP contribution in [0.3, 0.4) is 0 Å². The summed E-state index contributed by atoms with van der Waals surface area (Å²) in [4.78, 5) is 12.2. The molecule has 0 aromatic heterocycles. The normalized spacial score (nSPS) is 18.1. The van der Waals surface area contributed by atoms with Gasteiger partial charge >= 0.3 is 0 Å². The molecule has 0 amide bonds. The number of nitrogens with zero attached hydrogens (tertiary/aromatic N) is 1. The number of rotatable bonds is 7. The summed E-state index contributed by atoms with van der Waals surface area (Å²) in [6.07, 6.45) is 10.1. The average molecular weight is 444 g/mol. The molecule has 5 nitrogen and oxygen atoms in total. The van der Waals surface area contributed by atoms with Crippen LogP contribution in [0.25, 0.3) is 0 Å². The SMILES string of the molecule is O=C(COCc1cc(S(=O)(=O)N2CCCCC2)c(Cl)cc1Cl)C1=CCCC=C1. The molecule has 152 valence electrons. The molecule has 3 rings (SSSR count). The Kier molecular flexibility index (Phi) is 7.34. The molecule has 2 aliphatic rings. The van der Waals surface area contributed by atoms with Gasteiger partial charge in [0.15, 0.2) is 5.78 Å². The van der Waals surface area contributed by atoms with E-state index in [-0.39, 0.29) is 28.9 Å². The van der Waals surface area contributed by atoms with Gasteiger partial charge in [-0.05, 0) is 43.4 Å². The zero-order chi connectivity index (χ0) is 20.1. The van der Waals surface area contributed by atoms with Gasteiger partial charge in [0.2, 0.25) is 10.0 Å². The molecular formula is C20H23Cl2NO4S. The third-order valence-corrected chi connectivity index (χ3v) is 7.56.